The number of benzene rings is 1. The average molecular weight is 322 g/mol. The van der Waals surface area contributed by atoms with Crippen molar-refractivity contribution in [1.29, 1.82) is 0 Å². The van der Waals surface area contributed by atoms with Gasteiger partial charge in [0.15, 0.2) is 5.11 Å². The number of ether oxygens (including phenoxy) is 1. The summed E-state index contributed by atoms with van der Waals surface area (Å²) in [4.78, 5) is 11.9. The summed E-state index contributed by atoms with van der Waals surface area (Å²) >= 11 is 5.20. The number of para-hydroxylation sites is 2. The van der Waals surface area contributed by atoms with Gasteiger partial charge >= 0.3 is 0 Å². The maximum Gasteiger partial charge on any atom is 0.226 e. The predicted octanol–water partition coefficient (Wildman–Crippen LogP) is 4.11. The zero-order valence-corrected chi connectivity index (χ0v) is 14.7. The number of carbonyl (C=O) groups is 1. The summed E-state index contributed by atoms with van der Waals surface area (Å²) < 4.78 is 5.73. The second-order valence-electron chi connectivity index (χ2n) is 6.44. The molecule has 2 N–H and O–H groups in total. The Morgan fingerprint density at radius 2 is 1.95 bits per heavy atom. The van der Waals surface area contributed by atoms with Crippen molar-refractivity contribution in [3.05, 3.63) is 24.3 Å². The van der Waals surface area contributed by atoms with E-state index in [-0.39, 0.29) is 11.3 Å². The molecule has 1 aromatic carbocycles. The molecule has 0 bridgehead atoms. The van der Waals surface area contributed by atoms with Crippen LogP contribution in [0.1, 0.15) is 47.0 Å². The number of unbranched alkanes of at least 4 members (excludes halogenated alkanes) is 1. The molecule has 4 nitrogen and oxygen atoms in total. The molecule has 1 amide bonds. The van der Waals surface area contributed by atoms with Crippen molar-refractivity contribution in [2.75, 3.05) is 11.9 Å². The molecule has 22 heavy (non-hydrogen) atoms. The zero-order chi connectivity index (χ0) is 16.6. The summed E-state index contributed by atoms with van der Waals surface area (Å²) in [5.74, 6) is 0.651. The summed E-state index contributed by atoms with van der Waals surface area (Å²) in [5.41, 5.74) is 0.695. The zero-order valence-electron chi connectivity index (χ0n) is 13.9. The van der Waals surface area contributed by atoms with Gasteiger partial charge in [0, 0.05) is 6.42 Å². The van der Waals surface area contributed by atoms with Gasteiger partial charge in [-0.25, -0.2) is 0 Å². The molecule has 0 aliphatic carbocycles. The Morgan fingerprint density at radius 3 is 2.59 bits per heavy atom. The fourth-order valence-electron chi connectivity index (χ4n) is 1.83. The maximum atomic E-state index is 11.9. The second-order valence-corrected chi connectivity index (χ2v) is 6.85. The molecule has 1 rings (SSSR count). The Balaban J connectivity index is 2.58. The molecule has 0 saturated heterocycles. The van der Waals surface area contributed by atoms with E-state index < -0.39 is 0 Å². The topological polar surface area (TPSA) is 50.4 Å². The summed E-state index contributed by atoms with van der Waals surface area (Å²) in [6, 6.07) is 7.57. The quantitative estimate of drug-likeness (QED) is 0.611. The maximum absolute atomic E-state index is 11.9. The molecule has 0 aliphatic heterocycles. The highest BCUT2D eigenvalue weighted by Gasteiger charge is 2.17. The minimum atomic E-state index is -0.0885. The Labute approximate surface area is 138 Å². The average Bonchev–Trinajstić information content (AvgIpc) is 2.38. The highest BCUT2D eigenvalue weighted by atomic mass is 32.1. The molecule has 5 heteroatoms. The first-order valence-corrected chi connectivity index (χ1v) is 8.05. The molecular formula is C17H26N2O2S. The number of nitrogens with one attached hydrogen (secondary N) is 2. The standard InChI is InChI=1S/C17H26N2O2S/c1-5-6-11-21-14-10-8-7-9-13(14)18-16(22)19-15(20)12-17(2,3)4/h7-10H,5-6,11-12H2,1-4H3,(H2,18,19,20,22). The first-order valence-electron chi connectivity index (χ1n) is 7.64. The lowest BCUT2D eigenvalue weighted by atomic mass is 9.92. The molecule has 0 heterocycles. The van der Waals surface area contributed by atoms with Gasteiger partial charge in [0.1, 0.15) is 5.75 Å². The van der Waals surface area contributed by atoms with E-state index in [9.17, 15) is 4.79 Å². The van der Waals surface area contributed by atoms with E-state index in [4.69, 9.17) is 17.0 Å². The second kappa shape index (κ2) is 8.73. The number of rotatable bonds is 6. The van der Waals surface area contributed by atoms with Crippen molar-refractivity contribution in [3.8, 4) is 5.75 Å². The number of carbonyl (C=O) groups excluding carboxylic acids is 1. The van der Waals surface area contributed by atoms with Gasteiger partial charge in [-0.1, -0.05) is 46.2 Å². The van der Waals surface area contributed by atoms with E-state index in [1.54, 1.807) is 0 Å². The highest BCUT2D eigenvalue weighted by molar-refractivity contribution is 7.80. The summed E-state index contributed by atoms with van der Waals surface area (Å²) in [6.45, 7) is 8.82. The lowest BCUT2D eigenvalue weighted by Crippen LogP contribution is -2.36. The number of amides is 1. The molecule has 0 aliphatic rings. The van der Waals surface area contributed by atoms with E-state index in [0.717, 1.165) is 24.3 Å². The van der Waals surface area contributed by atoms with Crippen LogP contribution in [-0.4, -0.2) is 17.6 Å². The van der Waals surface area contributed by atoms with Gasteiger partial charge < -0.3 is 15.4 Å². The molecule has 0 radical (unpaired) electrons. The molecule has 0 aromatic heterocycles. The highest BCUT2D eigenvalue weighted by Crippen LogP contribution is 2.24. The van der Waals surface area contributed by atoms with Crippen molar-refractivity contribution >= 4 is 28.9 Å². The molecule has 0 spiro atoms. The van der Waals surface area contributed by atoms with Crippen molar-refractivity contribution in [1.82, 2.24) is 5.32 Å². The first kappa shape index (κ1) is 18.4. The van der Waals surface area contributed by atoms with Crippen LogP contribution in [0.15, 0.2) is 24.3 Å². The van der Waals surface area contributed by atoms with Crippen LogP contribution in [0, 0.1) is 5.41 Å². The third kappa shape index (κ3) is 7.41. The minimum Gasteiger partial charge on any atom is -0.491 e. The van der Waals surface area contributed by atoms with Crippen molar-refractivity contribution in [2.45, 2.75) is 47.0 Å². The minimum absolute atomic E-state index is 0.0686. The Morgan fingerprint density at radius 1 is 1.27 bits per heavy atom. The Kier molecular flexibility index (Phi) is 7.32. The van der Waals surface area contributed by atoms with Gasteiger partial charge in [-0.15, -0.1) is 0 Å². The molecule has 0 unspecified atom stereocenters. The fourth-order valence-corrected chi connectivity index (χ4v) is 2.05. The monoisotopic (exact) mass is 322 g/mol. The van der Waals surface area contributed by atoms with Crippen molar-refractivity contribution < 1.29 is 9.53 Å². The van der Waals surface area contributed by atoms with Crippen LogP contribution in [0.5, 0.6) is 5.75 Å². The number of thiocarbonyl (C=S) groups is 1. The van der Waals surface area contributed by atoms with Gasteiger partial charge in [-0.2, -0.15) is 0 Å². The molecule has 1 aromatic rings. The molecule has 0 fully saturated rings. The summed E-state index contributed by atoms with van der Waals surface area (Å²) in [6.07, 6.45) is 2.50. The summed E-state index contributed by atoms with van der Waals surface area (Å²) in [7, 11) is 0. The lowest BCUT2D eigenvalue weighted by molar-refractivity contribution is -0.121. The van der Waals surface area contributed by atoms with Gasteiger partial charge in [-0.3, -0.25) is 4.79 Å². The van der Waals surface area contributed by atoms with E-state index in [1.165, 1.54) is 0 Å². The number of hydrogen-bond acceptors (Lipinski definition) is 3. The summed E-state index contributed by atoms with van der Waals surface area (Å²) in [5, 5.41) is 6.03. The molecule has 0 saturated carbocycles. The van der Waals surface area contributed by atoms with Crippen LogP contribution in [0.25, 0.3) is 0 Å². The van der Waals surface area contributed by atoms with Crippen LogP contribution in [0.2, 0.25) is 0 Å². The van der Waals surface area contributed by atoms with Crippen LogP contribution in [0.4, 0.5) is 5.69 Å². The van der Waals surface area contributed by atoms with Gasteiger partial charge in [0.2, 0.25) is 5.91 Å². The van der Waals surface area contributed by atoms with Crippen LogP contribution >= 0.6 is 12.2 Å². The van der Waals surface area contributed by atoms with E-state index in [1.807, 2.05) is 45.0 Å². The lowest BCUT2D eigenvalue weighted by Gasteiger charge is -2.18. The van der Waals surface area contributed by atoms with Crippen molar-refractivity contribution in [2.24, 2.45) is 5.41 Å². The number of anilines is 1. The van der Waals surface area contributed by atoms with Crippen LogP contribution < -0.4 is 15.4 Å². The van der Waals surface area contributed by atoms with E-state index in [0.29, 0.717) is 18.1 Å². The van der Waals surface area contributed by atoms with Gasteiger partial charge in [0.25, 0.3) is 0 Å². The van der Waals surface area contributed by atoms with Crippen molar-refractivity contribution in [3.63, 3.8) is 0 Å². The normalized spacial score (nSPS) is 10.9. The van der Waals surface area contributed by atoms with E-state index >= 15 is 0 Å². The smallest absolute Gasteiger partial charge is 0.226 e. The fraction of sp³-hybridized carbons (Fsp3) is 0.529. The molecule has 122 valence electrons. The first-order chi connectivity index (χ1) is 10.3. The van der Waals surface area contributed by atoms with Crippen LogP contribution in [0.3, 0.4) is 0 Å². The van der Waals surface area contributed by atoms with Gasteiger partial charge in [-0.05, 0) is 36.2 Å². The third-order valence-corrected chi connectivity index (χ3v) is 3.04. The Hall–Kier alpha value is -1.62. The van der Waals surface area contributed by atoms with Crippen LogP contribution in [-0.2, 0) is 4.79 Å². The molecular weight excluding hydrogens is 296 g/mol. The Bertz CT molecular complexity index is 510. The third-order valence-electron chi connectivity index (χ3n) is 2.83. The SMILES string of the molecule is CCCCOc1ccccc1NC(=S)NC(=O)CC(C)(C)C. The molecule has 0 atom stereocenters. The number of hydrogen-bond donors (Lipinski definition) is 2. The van der Waals surface area contributed by atoms with Gasteiger partial charge in [0.05, 0.1) is 12.3 Å². The largest absolute Gasteiger partial charge is 0.491 e. The van der Waals surface area contributed by atoms with E-state index in [2.05, 4.69) is 17.6 Å². The predicted molar refractivity (Wildman–Crippen MR) is 95.3 cm³/mol.